The van der Waals surface area contributed by atoms with Gasteiger partial charge in [0.1, 0.15) is 6.17 Å². The van der Waals surface area contributed by atoms with E-state index in [9.17, 15) is 14.3 Å². The van der Waals surface area contributed by atoms with E-state index in [-0.39, 0.29) is 0 Å². The van der Waals surface area contributed by atoms with Gasteiger partial charge in [0.15, 0.2) is 0 Å². The van der Waals surface area contributed by atoms with Gasteiger partial charge in [-0.15, -0.1) is 0 Å². The number of rotatable bonds is 3. The van der Waals surface area contributed by atoms with Crippen LogP contribution in [0.2, 0.25) is 0 Å². The number of benzene rings is 1. The lowest BCUT2D eigenvalue weighted by Crippen LogP contribution is -2.37. The molecular formula is C15H19FO2. The van der Waals surface area contributed by atoms with Crippen LogP contribution in [0.5, 0.6) is 0 Å². The van der Waals surface area contributed by atoms with Crippen molar-refractivity contribution in [2.24, 2.45) is 0 Å². The van der Waals surface area contributed by atoms with Crippen LogP contribution in [0.3, 0.4) is 0 Å². The lowest BCUT2D eigenvalue weighted by atomic mass is 9.69. The predicted octanol–water partition coefficient (Wildman–Crippen LogP) is 4.00. The van der Waals surface area contributed by atoms with Crippen LogP contribution in [-0.2, 0) is 10.2 Å². The van der Waals surface area contributed by atoms with Crippen LogP contribution in [0.15, 0.2) is 24.3 Å². The highest BCUT2D eigenvalue weighted by molar-refractivity contribution is 5.81. The Morgan fingerprint density at radius 1 is 1.22 bits per heavy atom. The summed E-state index contributed by atoms with van der Waals surface area (Å²) < 4.78 is 13.1. The third-order valence-electron chi connectivity index (χ3n) is 4.04. The van der Waals surface area contributed by atoms with Gasteiger partial charge in [-0.2, -0.15) is 0 Å². The second-order valence-electron chi connectivity index (χ2n) is 5.19. The van der Waals surface area contributed by atoms with Crippen LogP contribution in [0.4, 0.5) is 4.39 Å². The first kappa shape index (κ1) is 13.1. The summed E-state index contributed by atoms with van der Waals surface area (Å²) in [6.45, 7) is 1.49. The molecule has 18 heavy (non-hydrogen) atoms. The van der Waals surface area contributed by atoms with Crippen LogP contribution in [0, 0.1) is 0 Å². The molecule has 0 radical (unpaired) electrons. The summed E-state index contributed by atoms with van der Waals surface area (Å²) in [5.74, 6) is -0.747. The van der Waals surface area contributed by atoms with E-state index in [4.69, 9.17) is 0 Å². The lowest BCUT2D eigenvalue weighted by Gasteiger charge is -2.33. The molecule has 2 nitrogen and oxygen atoms in total. The first-order valence-corrected chi connectivity index (χ1v) is 6.54. The molecule has 0 heterocycles. The highest BCUT2D eigenvalue weighted by Gasteiger charge is 2.41. The zero-order valence-electron chi connectivity index (χ0n) is 10.7. The van der Waals surface area contributed by atoms with Crippen LogP contribution in [0.1, 0.15) is 56.3 Å². The Morgan fingerprint density at radius 3 is 2.22 bits per heavy atom. The van der Waals surface area contributed by atoms with Crippen LogP contribution < -0.4 is 0 Å². The predicted molar refractivity (Wildman–Crippen MR) is 68.4 cm³/mol. The summed E-state index contributed by atoms with van der Waals surface area (Å²) in [5.41, 5.74) is 0.672. The van der Waals surface area contributed by atoms with Gasteiger partial charge in [-0.1, -0.05) is 43.5 Å². The molecule has 0 bridgehead atoms. The minimum atomic E-state index is -1.01. The average molecular weight is 250 g/mol. The molecule has 0 spiro atoms. The van der Waals surface area contributed by atoms with E-state index in [1.54, 1.807) is 24.3 Å². The lowest BCUT2D eigenvalue weighted by molar-refractivity contribution is -0.145. The van der Waals surface area contributed by atoms with Gasteiger partial charge in [0.25, 0.3) is 0 Å². The molecule has 1 aliphatic rings. The Labute approximate surface area is 107 Å². The quantitative estimate of drug-likeness (QED) is 0.880. The second-order valence-corrected chi connectivity index (χ2v) is 5.19. The normalized spacial score (nSPS) is 20.3. The number of alkyl halides is 1. The molecule has 1 fully saturated rings. The Kier molecular flexibility index (Phi) is 3.69. The first-order valence-electron chi connectivity index (χ1n) is 6.54. The summed E-state index contributed by atoms with van der Waals surface area (Å²) in [6, 6.07) is 6.98. The molecular weight excluding hydrogens is 231 g/mol. The van der Waals surface area contributed by atoms with Gasteiger partial charge in [0.05, 0.1) is 5.41 Å². The molecule has 98 valence electrons. The highest BCUT2D eigenvalue weighted by atomic mass is 19.1. The molecule has 0 aliphatic heterocycles. The van der Waals surface area contributed by atoms with Crippen molar-refractivity contribution >= 4 is 5.97 Å². The van der Waals surface area contributed by atoms with E-state index in [0.29, 0.717) is 18.4 Å². The maximum Gasteiger partial charge on any atom is 0.314 e. The van der Waals surface area contributed by atoms with E-state index < -0.39 is 17.6 Å². The maximum atomic E-state index is 13.1. The molecule has 1 aromatic carbocycles. The minimum absolute atomic E-state index is 0.607. The fraction of sp³-hybridized carbons (Fsp3) is 0.533. The SMILES string of the molecule is CC(F)c1ccc(C2(C(=O)O)CCCCC2)cc1. The largest absolute Gasteiger partial charge is 0.481 e. The van der Waals surface area contributed by atoms with Crippen LogP contribution in [0.25, 0.3) is 0 Å². The molecule has 3 heteroatoms. The number of carboxylic acid groups (broad SMARTS) is 1. The molecule has 1 saturated carbocycles. The standard InChI is InChI=1S/C15H19FO2/c1-11(16)12-5-7-13(8-6-12)15(14(17)18)9-3-2-4-10-15/h5-8,11H,2-4,9-10H2,1H3,(H,17,18). The van der Waals surface area contributed by atoms with E-state index in [1.165, 1.54) is 6.92 Å². The molecule has 0 aromatic heterocycles. The maximum absolute atomic E-state index is 13.1. The molecule has 1 aliphatic carbocycles. The molecule has 0 amide bonds. The molecule has 1 N–H and O–H groups in total. The summed E-state index contributed by atoms with van der Waals surface area (Å²) >= 11 is 0. The van der Waals surface area contributed by atoms with Gasteiger partial charge < -0.3 is 5.11 Å². The molecule has 1 atom stereocenters. The van der Waals surface area contributed by atoms with E-state index >= 15 is 0 Å². The zero-order valence-corrected chi connectivity index (χ0v) is 10.7. The Bertz CT molecular complexity index is 417. The third kappa shape index (κ3) is 2.26. The highest BCUT2D eigenvalue weighted by Crippen LogP contribution is 2.40. The fourth-order valence-electron chi connectivity index (χ4n) is 2.85. The topological polar surface area (TPSA) is 37.3 Å². The van der Waals surface area contributed by atoms with Gasteiger partial charge >= 0.3 is 5.97 Å². The Morgan fingerprint density at radius 2 is 1.78 bits per heavy atom. The van der Waals surface area contributed by atoms with Crippen molar-refractivity contribution in [3.8, 4) is 0 Å². The van der Waals surface area contributed by atoms with Crippen molar-refractivity contribution in [2.75, 3.05) is 0 Å². The Hall–Kier alpha value is -1.38. The summed E-state index contributed by atoms with van der Waals surface area (Å²) in [4.78, 5) is 11.6. The molecule has 1 unspecified atom stereocenters. The van der Waals surface area contributed by atoms with Crippen molar-refractivity contribution in [3.05, 3.63) is 35.4 Å². The number of halogens is 1. The first-order chi connectivity index (χ1) is 8.56. The van der Waals surface area contributed by atoms with Gasteiger partial charge in [-0.25, -0.2) is 4.39 Å². The number of hydrogen-bond donors (Lipinski definition) is 1. The van der Waals surface area contributed by atoms with Crippen molar-refractivity contribution in [3.63, 3.8) is 0 Å². The van der Waals surface area contributed by atoms with Gasteiger partial charge in [0.2, 0.25) is 0 Å². The number of hydrogen-bond acceptors (Lipinski definition) is 1. The number of carboxylic acids is 1. The molecule has 2 rings (SSSR count). The van der Waals surface area contributed by atoms with Gasteiger partial charge in [-0.05, 0) is 30.9 Å². The van der Waals surface area contributed by atoms with Crippen LogP contribution >= 0.6 is 0 Å². The van der Waals surface area contributed by atoms with E-state index in [0.717, 1.165) is 24.8 Å². The number of carbonyl (C=O) groups is 1. The van der Waals surface area contributed by atoms with Crippen molar-refractivity contribution < 1.29 is 14.3 Å². The molecule has 0 saturated heterocycles. The Balaban J connectivity index is 2.34. The number of aliphatic carboxylic acids is 1. The second kappa shape index (κ2) is 5.09. The van der Waals surface area contributed by atoms with E-state index in [2.05, 4.69) is 0 Å². The summed E-state index contributed by atoms with van der Waals surface area (Å²) in [7, 11) is 0. The van der Waals surface area contributed by atoms with Gasteiger partial charge in [-0.3, -0.25) is 4.79 Å². The third-order valence-corrected chi connectivity index (χ3v) is 4.04. The average Bonchev–Trinajstić information content (AvgIpc) is 2.39. The molecule has 1 aromatic rings. The smallest absolute Gasteiger partial charge is 0.314 e. The summed E-state index contributed by atoms with van der Waals surface area (Å²) in [5, 5.41) is 9.55. The van der Waals surface area contributed by atoms with Gasteiger partial charge in [0, 0.05) is 0 Å². The summed E-state index contributed by atoms with van der Waals surface area (Å²) in [6.07, 6.45) is 3.38. The van der Waals surface area contributed by atoms with Crippen molar-refractivity contribution in [2.45, 2.75) is 50.6 Å². The van der Waals surface area contributed by atoms with Crippen molar-refractivity contribution in [1.82, 2.24) is 0 Å². The minimum Gasteiger partial charge on any atom is -0.481 e. The van der Waals surface area contributed by atoms with E-state index in [1.807, 2.05) is 0 Å². The monoisotopic (exact) mass is 250 g/mol. The van der Waals surface area contributed by atoms with Crippen LogP contribution in [-0.4, -0.2) is 11.1 Å². The zero-order chi connectivity index (χ0) is 13.2. The fourth-order valence-corrected chi connectivity index (χ4v) is 2.85. The van der Waals surface area contributed by atoms with Crippen molar-refractivity contribution in [1.29, 1.82) is 0 Å².